The molecule has 0 spiro atoms. The normalized spacial score (nSPS) is 36.0. The Bertz CT molecular complexity index is 909. The van der Waals surface area contributed by atoms with Crippen LogP contribution in [0.5, 0.6) is 0 Å². The van der Waals surface area contributed by atoms with E-state index in [9.17, 15) is 19.8 Å². The first kappa shape index (κ1) is 27.0. The summed E-state index contributed by atoms with van der Waals surface area (Å²) in [6.07, 6.45) is 2.28. The third-order valence-electron chi connectivity index (χ3n) is 7.41. The number of carbonyl (C=O) groups excluding carboxylic acids is 2. The van der Waals surface area contributed by atoms with Gasteiger partial charge in [-0.05, 0) is 44.3 Å². The third kappa shape index (κ3) is 6.53. The van der Waals surface area contributed by atoms with Gasteiger partial charge < -0.3 is 19.7 Å². The second-order valence-electron chi connectivity index (χ2n) is 10.6. The summed E-state index contributed by atoms with van der Waals surface area (Å²) in [6.45, 7) is 10.8. The lowest BCUT2D eigenvalue weighted by molar-refractivity contribution is -0.154. The second kappa shape index (κ2) is 11.0. The zero-order valence-corrected chi connectivity index (χ0v) is 21.9. The van der Waals surface area contributed by atoms with Crippen molar-refractivity contribution in [2.75, 3.05) is 0 Å². The van der Waals surface area contributed by atoms with Crippen molar-refractivity contribution in [1.82, 2.24) is 4.98 Å². The number of aliphatic hydroxyl groups excluding tert-OH is 2. The summed E-state index contributed by atoms with van der Waals surface area (Å²) in [5.74, 6) is -1.52. The number of aryl methyl sites for hydroxylation is 1. The van der Waals surface area contributed by atoms with E-state index in [1.807, 2.05) is 32.2 Å². The van der Waals surface area contributed by atoms with E-state index < -0.39 is 35.6 Å². The number of nitrogens with zero attached hydrogens (tertiary/aromatic N) is 1. The topological polar surface area (TPSA) is 109 Å². The second-order valence-corrected chi connectivity index (χ2v) is 11.7. The number of hydrogen-bond acceptors (Lipinski definition) is 8. The molecule has 2 fully saturated rings. The zero-order valence-electron chi connectivity index (χ0n) is 21.1. The molecule has 0 aromatic carbocycles. The first-order valence-electron chi connectivity index (χ1n) is 12.3. The Kier molecular flexibility index (Phi) is 8.71. The van der Waals surface area contributed by atoms with E-state index in [0.717, 1.165) is 35.5 Å². The summed E-state index contributed by atoms with van der Waals surface area (Å²) in [7, 11) is 0. The Morgan fingerprint density at radius 2 is 1.91 bits per heavy atom. The van der Waals surface area contributed by atoms with Gasteiger partial charge in [-0.2, -0.15) is 0 Å². The monoisotopic (exact) mass is 493 g/mol. The lowest BCUT2D eigenvalue weighted by Gasteiger charge is -2.34. The van der Waals surface area contributed by atoms with E-state index in [-0.39, 0.29) is 30.3 Å². The minimum absolute atomic E-state index is 0.00770. The Morgan fingerprint density at radius 1 is 1.21 bits per heavy atom. The average Bonchev–Trinajstić information content (AvgIpc) is 3.38. The molecule has 1 aromatic rings. The Balaban J connectivity index is 1.81. The number of esters is 1. The molecule has 190 valence electrons. The van der Waals surface area contributed by atoms with Crippen LogP contribution >= 0.6 is 11.3 Å². The number of aromatic nitrogens is 1. The van der Waals surface area contributed by atoms with E-state index >= 15 is 0 Å². The first-order valence-corrected chi connectivity index (χ1v) is 13.1. The molecule has 3 heterocycles. The fourth-order valence-electron chi connectivity index (χ4n) is 4.78. The van der Waals surface area contributed by atoms with Crippen LogP contribution in [0.3, 0.4) is 0 Å². The van der Waals surface area contributed by atoms with Crippen LogP contribution in [-0.4, -0.2) is 57.5 Å². The smallest absolute Gasteiger partial charge is 0.309 e. The quantitative estimate of drug-likeness (QED) is 0.472. The largest absolute Gasteiger partial charge is 0.458 e. The molecule has 8 heteroatoms. The van der Waals surface area contributed by atoms with Gasteiger partial charge in [-0.25, -0.2) is 4.98 Å². The van der Waals surface area contributed by atoms with Gasteiger partial charge in [0, 0.05) is 17.7 Å². The summed E-state index contributed by atoms with van der Waals surface area (Å²) in [5, 5.41) is 24.5. The third-order valence-corrected chi connectivity index (χ3v) is 8.20. The van der Waals surface area contributed by atoms with Crippen molar-refractivity contribution in [2.45, 2.75) is 104 Å². The van der Waals surface area contributed by atoms with E-state index in [2.05, 4.69) is 4.98 Å². The maximum absolute atomic E-state index is 13.2. The summed E-state index contributed by atoms with van der Waals surface area (Å²) >= 11 is 1.56. The first-order chi connectivity index (χ1) is 15.9. The van der Waals surface area contributed by atoms with Crippen molar-refractivity contribution >= 4 is 29.2 Å². The number of carbonyl (C=O) groups is 2. The zero-order chi connectivity index (χ0) is 25.2. The molecule has 34 heavy (non-hydrogen) atoms. The molecule has 0 amide bonds. The molecular weight excluding hydrogens is 454 g/mol. The van der Waals surface area contributed by atoms with Crippen LogP contribution < -0.4 is 0 Å². The highest BCUT2D eigenvalue weighted by molar-refractivity contribution is 7.09. The number of Topliss-reactive ketones (excluding diaryl/α,β-unsaturated/α-hetero) is 1. The van der Waals surface area contributed by atoms with Crippen LogP contribution in [0, 0.1) is 24.2 Å². The molecule has 0 radical (unpaired) electrons. The van der Waals surface area contributed by atoms with Crippen LogP contribution in [0.15, 0.2) is 11.0 Å². The highest BCUT2D eigenvalue weighted by Gasteiger charge is 2.44. The molecule has 2 saturated heterocycles. The maximum Gasteiger partial charge on any atom is 0.309 e. The maximum atomic E-state index is 13.2. The van der Waals surface area contributed by atoms with Gasteiger partial charge in [0.05, 0.1) is 47.0 Å². The molecule has 1 aromatic heterocycles. The molecule has 2 unspecified atom stereocenters. The molecule has 2 aliphatic heterocycles. The van der Waals surface area contributed by atoms with Crippen molar-refractivity contribution in [3.8, 4) is 0 Å². The van der Waals surface area contributed by atoms with Gasteiger partial charge in [-0.3, -0.25) is 9.59 Å². The fraction of sp³-hybridized carbons (Fsp3) is 0.731. The number of fused-ring (bicyclic) bond motifs is 1. The summed E-state index contributed by atoms with van der Waals surface area (Å²) in [5.41, 5.74) is 0.494. The van der Waals surface area contributed by atoms with Crippen LogP contribution in [0.2, 0.25) is 0 Å². The van der Waals surface area contributed by atoms with Crippen molar-refractivity contribution in [1.29, 1.82) is 0 Å². The molecule has 7 nitrogen and oxygen atoms in total. The Morgan fingerprint density at radius 3 is 2.56 bits per heavy atom. The van der Waals surface area contributed by atoms with Crippen molar-refractivity contribution in [3.63, 3.8) is 0 Å². The van der Waals surface area contributed by atoms with Crippen LogP contribution in [0.25, 0.3) is 6.08 Å². The number of ketones is 1. The van der Waals surface area contributed by atoms with Gasteiger partial charge in [0.2, 0.25) is 0 Å². The van der Waals surface area contributed by atoms with Gasteiger partial charge >= 0.3 is 5.97 Å². The minimum atomic E-state index is -1.22. The predicted molar refractivity (Wildman–Crippen MR) is 131 cm³/mol. The number of rotatable bonds is 2. The van der Waals surface area contributed by atoms with E-state index in [1.54, 1.807) is 32.1 Å². The van der Waals surface area contributed by atoms with E-state index in [4.69, 9.17) is 9.47 Å². The fourth-order valence-corrected chi connectivity index (χ4v) is 5.35. The van der Waals surface area contributed by atoms with Gasteiger partial charge in [0.25, 0.3) is 0 Å². The molecule has 0 bridgehead atoms. The van der Waals surface area contributed by atoms with Crippen molar-refractivity contribution < 1.29 is 29.3 Å². The molecular formula is C26H39NO6S. The van der Waals surface area contributed by atoms with Crippen LogP contribution in [-0.2, 0) is 19.1 Å². The number of epoxide rings is 1. The number of hydrogen-bond donors (Lipinski definition) is 2. The summed E-state index contributed by atoms with van der Waals surface area (Å²) < 4.78 is 11.7. The predicted octanol–water partition coefficient (Wildman–Crippen LogP) is 4.09. The van der Waals surface area contributed by atoms with Gasteiger partial charge in [0.15, 0.2) is 0 Å². The van der Waals surface area contributed by atoms with E-state index in [0.29, 0.717) is 6.42 Å². The Hall–Kier alpha value is -1.61. The van der Waals surface area contributed by atoms with E-state index in [1.165, 1.54) is 0 Å². The standard InChI is InChI=1S/C26H39NO6S/c1-14-8-7-9-19-21(32-19)11-20(15(2)10-18-13-34-17(4)27-18)33-23(29)12-22(28)26(5,6)25(31)16(3)24(14)30/h10,13-14,16,19-22,24,28,30H,7-9,11-12H2,1-6H3/b15-10+/t14-,16+,19+,20?,21?,22-,24-/m0/s1. The number of cyclic esters (lactones) is 1. The number of thiazole rings is 1. The van der Waals surface area contributed by atoms with Gasteiger partial charge in [-0.15, -0.1) is 11.3 Å². The van der Waals surface area contributed by atoms with Crippen LogP contribution in [0.4, 0.5) is 0 Å². The van der Waals surface area contributed by atoms with Crippen LogP contribution in [0.1, 0.15) is 77.4 Å². The Labute approximate surface area is 206 Å². The number of ether oxygens (including phenoxy) is 2. The lowest BCUT2D eigenvalue weighted by Crippen LogP contribution is -2.45. The lowest BCUT2D eigenvalue weighted by atomic mass is 9.73. The molecule has 2 aliphatic rings. The summed E-state index contributed by atoms with van der Waals surface area (Å²) in [6, 6.07) is 0. The number of aliphatic hydroxyl groups is 2. The van der Waals surface area contributed by atoms with Crippen molar-refractivity contribution in [2.24, 2.45) is 17.3 Å². The summed E-state index contributed by atoms with van der Waals surface area (Å²) in [4.78, 5) is 30.5. The highest BCUT2D eigenvalue weighted by Crippen LogP contribution is 2.36. The molecule has 3 rings (SSSR count). The highest BCUT2D eigenvalue weighted by atomic mass is 32.1. The van der Waals surface area contributed by atoms with Gasteiger partial charge in [0.1, 0.15) is 11.9 Å². The molecule has 0 saturated carbocycles. The SMILES string of the molecule is C/C(=C\c1csc(C)n1)C1CC2O[C@@H]2CCC[C@H](C)[C@H](O)[C@@H](C)C(=O)C(C)(C)[C@@H](O)CC(=O)O1. The molecule has 2 N–H and O–H groups in total. The van der Waals surface area contributed by atoms with Gasteiger partial charge in [-0.1, -0.05) is 34.1 Å². The minimum Gasteiger partial charge on any atom is -0.458 e. The van der Waals surface area contributed by atoms with Crippen molar-refractivity contribution in [3.05, 3.63) is 21.7 Å². The molecule has 7 atom stereocenters. The molecule has 0 aliphatic carbocycles. The average molecular weight is 494 g/mol.